The van der Waals surface area contributed by atoms with Crippen molar-refractivity contribution in [3.8, 4) is 0 Å². The molecule has 2 heteroatoms. The van der Waals surface area contributed by atoms with Gasteiger partial charge in [0.2, 0.25) is 0 Å². The Morgan fingerprint density at radius 2 is 0.895 bits per heavy atom. The van der Waals surface area contributed by atoms with Crippen molar-refractivity contribution in [2.75, 3.05) is 4.90 Å². The van der Waals surface area contributed by atoms with Crippen LogP contribution in [-0.2, 0) is 0 Å². The van der Waals surface area contributed by atoms with Gasteiger partial charge in [0.15, 0.2) is 0 Å². The van der Waals surface area contributed by atoms with E-state index in [0.29, 0.717) is 0 Å². The molecule has 0 aliphatic rings. The second-order valence-electron chi connectivity index (χ2n) is 9.74. The van der Waals surface area contributed by atoms with E-state index in [1.54, 1.807) is 0 Å². The molecule has 1 heterocycles. The normalized spacial score (nSPS) is 11.7. The summed E-state index contributed by atoms with van der Waals surface area (Å²) in [5.41, 5.74) is 5.24. The summed E-state index contributed by atoms with van der Waals surface area (Å²) in [7, 11) is 0. The monoisotopic (exact) mass is 485 g/mol. The second kappa shape index (κ2) is 8.22. The lowest BCUT2D eigenvalue weighted by atomic mass is 9.91. The standard InChI is InChI=1S/C36H23NO/c1-3-11-24(12-4-1)37(25-13-5-2-6-14-25)26-19-20-28-27-15-7-8-16-29(27)35-30(32(28)23-26)21-22-34-36(35)31-17-9-10-18-33(31)38-34/h1-23H. The Bertz CT molecular complexity index is 2090. The zero-order valence-corrected chi connectivity index (χ0v) is 20.6. The quantitative estimate of drug-likeness (QED) is 0.231. The topological polar surface area (TPSA) is 16.4 Å². The van der Waals surface area contributed by atoms with Gasteiger partial charge in [-0.15, -0.1) is 0 Å². The smallest absolute Gasteiger partial charge is 0.136 e. The van der Waals surface area contributed by atoms with Gasteiger partial charge in [-0.3, -0.25) is 0 Å². The lowest BCUT2D eigenvalue weighted by Gasteiger charge is -2.26. The highest BCUT2D eigenvalue weighted by atomic mass is 16.3. The Labute approximate surface area is 220 Å². The first kappa shape index (κ1) is 21.0. The number of para-hydroxylation sites is 3. The molecule has 0 N–H and O–H groups in total. The van der Waals surface area contributed by atoms with E-state index in [-0.39, 0.29) is 0 Å². The van der Waals surface area contributed by atoms with Gasteiger partial charge in [0.25, 0.3) is 0 Å². The molecule has 0 aliphatic heterocycles. The van der Waals surface area contributed by atoms with Crippen molar-refractivity contribution in [3.05, 3.63) is 140 Å². The zero-order valence-electron chi connectivity index (χ0n) is 20.6. The van der Waals surface area contributed by atoms with Gasteiger partial charge in [-0.25, -0.2) is 0 Å². The molecule has 0 radical (unpaired) electrons. The minimum absolute atomic E-state index is 0.923. The van der Waals surface area contributed by atoms with Crippen LogP contribution in [0, 0.1) is 0 Å². The van der Waals surface area contributed by atoms with Crippen molar-refractivity contribution >= 4 is 71.3 Å². The van der Waals surface area contributed by atoms with Crippen LogP contribution in [0.1, 0.15) is 0 Å². The number of hydrogen-bond donors (Lipinski definition) is 0. The molecule has 1 aromatic heterocycles. The van der Waals surface area contributed by atoms with Crippen molar-refractivity contribution in [2.24, 2.45) is 0 Å². The van der Waals surface area contributed by atoms with Crippen LogP contribution in [0.15, 0.2) is 144 Å². The van der Waals surface area contributed by atoms with Gasteiger partial charge in [-0.2, -0.15) is 0 Å². The summed E-state index contributed by atoms with van der Waals surface area (Å²) < 4.78 is 6.29. The molecule has 38 heavy (non-hydrogen) atoms. The lowest BCUT2D eigenvalue weighted by Crippen LogP contribution is -2.09. The molecule has 0 saturated carbocycles. The summed E-state index contributed by atoms with van der Waals surface area (Å²) in [6.07, 6.45) is 0. The lowest BCUT2D eigenvalue weighted by molar-refractivity contribution is 0.669. The van der Waals surface area contributed by atoms with Crippen molar-refractivity contribution < 1.29 is 4.42 Å². The molecule has 0 bridgehead atoms. The second-order valence-corrected chi connectivity index (χ2v) is 9.74. The fraction of sp³-hybridized carbons (Fsp3) is 0. The number of hydrogen-bond acceptors (Lipinski definition) is 2. The first-order chi connectivity index (χ1) is 18.9. The molecule has 2 nitrogen and oxygen atoms in total. The molecule has 0 spiro atoms. The van der Waals surface area contributed by atoms with E-state index in [4.69, 9.17) is 4.42 Å². The molecule has 8 rings (SSSR count). The summed E-state index contributed by atoms with van der Waals surface area (Å²) in [5.74, 6) is 0. The summed E-state index contributed by atoms with van der Waals surface area (Å²) in [6.45, 7) is 0. The van der Waals surface area contributed by atoms with E-state index in [1.165, 1.54) is 37.7 Å². The number of rotatable bonds is 3. The fourth-order valence-electron chi connectivity index (χ4n) is 5.99. The van der Waals surface area contributed by atoms with Gasteiger partial charge >= 0.3 is 0 Å². The molecular formula is C36H23NO. The van der Waals surface area contributed by atoms with Gasteiger partial charge in [0.1, 0.15) is 11.2 Å². The van der Waals surface area contributed by atoms with Crippen LogP contribution in [0.4, 0.5) is 17.1 Å². The molecule has 0 amide bonds. The Kier molecular flexibility index (Phi) is 4.55. The molecule has 0 saturated heterocycles. The molecule has 178 valence electrons. The van der Waals surface area contributed by atoms with Crippen molar-refractivity contribution in [2.45, 2.75) is 0 Å². The molecule has 8 aromatic rings. The van der Waals surface area contributed by atoms with Crippen molar-refractivity contribution in [1.82, 2.24) is 0 Å². The average molecular weight is 486 g/mol. The SMILES string of the molecule is c1ccc(N(c2ccccc2)c2ccc3c4ccccc4c4c(ccc5oc6ccccc6c54)c3c2)cc1. The number of fused-ring (bicyclic) bond motifs is 10. The maximum atomic E-state index is 6.29. The minimum atomic E-state index is 0.923. The highest BCUT2D eigenvalue weighted by molar-refractivity contribution is 6.34. The largest absolute Gasteiger partial charge is 0.456 e. The fourth-order valence-corrected chi connectivity index (χ4v) is 5.99. The van der Waals surface area contributed by atoms with Crippen LogP contribution in [0.2, 0.25) is 0 Å². The van der Waals surface area contributed by atoms with E-state index in [0.717, 1.165) is 33.6 Å². The number of nitrogens with zero attached hydrogens (tertiary/aromatic N) is 1. The van der Waals surface area contributed by atoms with Gasteiger partial charge in [-0.05, 0) is 81.5 Å². The van der Waals surface area contributed by atoms with Crippen LogP contribution < -0.4 is 4.90 Å². The zero-order chi connectivity index (χ0) is 25.1. The van der Waals surface area contributed by atoms with Crippen LogP contribution >= 0.6 is 0 Å². The molecule has 0 fully saturated rings. The van der Waals surface area contributed by atoms with E-state index in [1.807, 2.05) is 6.07 Å². The number of anilines is 3. The van der Waals surface area contributed by atoms with E-state index >= 15 is 0 Å². The van der Waals surface area contributed by atoms with Gasteiger partial charge < -0.3 is 9.32 Å². The van der Waals surface area contributed by atoms with E-state index < -0.39 is 0 Å². The molecule has 0 aliphatic carbocycles. The minimum Gasteiger partial charge on any atom is -0.456 e. The predicted molar refractivity (Wildman–Crippen MR) is 161 cm³/mol. The number of benzene rings is 7. The molecular weight excluding hydrogens is 462 g/mol. The molecule has 0 unspecified atom stereocenters. The van der Waals surface area contributed by atoms with E-state index in [2.05, 4.69) is 138 Å². The summed E-state index contributed by atoms with van der Waals surface area (Å²) >= 11 is 0. The van der Waals surface area contributed by atoms with Gasteiger partial charge in [-0.1, -0.05) is 84.9 Å². The first-order valence-electron chi connectivity index (χ1n) is 13.0. The average Bonchev–Trinajstić information content (AvgIpc) is 3.37. The molecule has 0 atom stereocenters. The highest BCUT2D eigenvalue weighted by Gasteiger charge is 2.18. The van der Waals surface area contributed by atoms with Gasteiger partial charge in [0, 0.05) is 33.2 Å². The van der Waals surface area contributed by atoms with Crippen LogP contribution in [0.3, 0.4) is 0 Å². The first-order valence-corrected chi connectivity index (χ1v) is 13.0. The van der Waals surface area contributed by atoms with Crippen molar-refractivity contribution in [3.63, 3.8) is 0 Å². The van der Waals surface area contributed by atoms with Crippen LogP contribution in [0.5, 0.6) is 0 Å². The molecule has 7 aromatic carbocycles. The highest BCUT2D eigenvalue weighted by Crippen LogP contribution is 2.44. The Balaban J connectivity index is 1.51. The Morgan fingerprint density at radius 3 is 1.63 bits per heavy atom. The van der Waals surface area contributed by atoms with Gasteiger partial charge in [0.05, 0.1) is 0 Å². The van der Waals surface area contributed by atoms with Crippen molar-refractivity contribution in [1.29, 1.82) is 0 Å². The Morgan fingerprint density at radius 1 is 0.342 bits per heavy atom. The maximum Gasteiger partial charge on any atom is 0.136 e. The Hall–Kier alpha value is -5.08. The third-order valence-electron chi connectivity index (χ3n) is 7.61. The summed E-state index contributed by atoms with van der Waals surface area (Å²) in [5, 5.41) is 9.83. The van der Waals surface area contributed by atoms with E-state index in [9.17, 15) is 0 Å². The summed E-state index contributed by atoms with van der Waals surface area (Å²) in [4.78, 5) is 2.33. The van der Waals surface area contributed by atoms with Crippen LogP contribution in [0.25, 0.3) is 54.3 Å². The third-order valence-corrected chi connectivity index (χ3v) is 7.61. The maximum absolute atomic E-state index is 6.29. The predicted octanol–water partition coefficient (Wildman–Crippen LogP) is 10.5. The summed E-state index contributed by atoms with van der Waals surface area (Å²) in [6, 6.07) is 49.5. The third kappa shape index (κ3) is 3.07. The van der Waals surface area contributed by atoms with Crippen LogP contribution in [-0.4, -0.2) is 0 Å². The number of furan rings is 1.